The van der Waals surface area contributed by atoms with Crippen molar-refractivity contribution in [2.75, 3.05) is 13.1 Å². The fourth-order valence-corrected chi connectivity index (χ4v) is 3.22. The van der Waals surface area contributed by atoms with Gasteiger partial charge in [-0.1, -0.05) is 42.2 Å². The van der Waals surface area contributed by atoms with Crippen LogP contribution in [0.3, 0.4) is 0 Å². The number of benzene rings is 1. The zero-order valence-corrected chi connectivity index (χ0v) is 15.0. The van der Waals surface area contributed by atoms with E-state index < -0.39 is 0 Å². The zero-order chi connectivity index (χ0) is 18.5. The Labute approximate surface area is 158 Å². The molecular weight excluding hydrogens is 336 g/mol. The van der Waals surface area contributed by atoms with E-state index in [0.717, 1.165) is 35.3 Å². The molecule has 0 saturated heterocycles. The van der Waals surface area contributed by atoms with Gasteiger partial charge < -0.3 is 0 Å². The van der Waals surface area contributed by atoms with Crippen molar-refractivity contribution >= 4 is 0 Å². The zero-order valence-electron chi connectivity index (χ0n) is 15.0. The maximum Gasteiger partial charge on any atom is 0.258 e. The third-order valence-corrected chi connectivity index (χ3v) is 4.68. The second-order valence-corrected chi connectivity index (χ2v) is 6.59. The molecule has 5 heteroatoms. The first-order chi connectivity index (χ1) is 13.3. The van der Waals surface area contributed by atoms with Gasteiger partial charge in [-0.05, 0) is 17.7 Å². The smallest absolute Gasteiger partial charge is 0.258 e. The maximum atomic E-state index is 12.9. The van der Waals surface area contributed by atoms with Crippen molar-refractivity contribution in [1.82, 2.24) is 19.4 Å². The van der Waals surface area contributed by atoms with Crippen molar-refractivity contribution in [2.24, 2.45) is 0 Å². The SMILES string of the molecule is O=c1c2c(ncn1Cc1ccccc1)CCN(CC#Cc1ccncc1)C2. The van der Waals surface area contributed by atoms with Crippen LogP contribution in [0.1, 0.15) is 22.4 Å². The highest BCUT2D eigenvalue weighted by molar-refractivity contribution is 5.32. The van der Waals surface area contributed by atoms with E-state index in [9.17, 15) is 4.79 Å². The van der Waals surface area contributed by atoms with Crippen LogP contribution in [-0.4, -0.2) is 32.5 Å². The van der Waals surface area contributed by atoms with E-state index in [0.29, 0.717) is 19.6 Å². The first-order valence-corrected chi connectivity index (χ1v) is 9.02. The summed E-state index contributed by atoms with van der Waals surface area (Å²) >= 11 is 0. The molecule has 0 saturated carbocycles. The molecule has 4 rings (SSSR count). The van der Waals surface area contributed by atoms with Gasteiger partial charge >= 0.3 is 0 Å². The molecule has 0 fully saturated rings. The summed E-state index contributed by atoms with van der Waals surface area (Å²) in [5.74, 6) is 6.34. The monoisotopic (exact) mass is 356 g/mol. The van der Waals surface area contributed by atoms with E-state index in [1.54, 1.807) is 23.3 Å². The molecule has 1 aliphatic heterocycles. The van der Waals surface area contributed by atoms with Gasteiger partial charge in [-0.15, -0.1) is 0 Å². The molecular formula is C22H20N4O. The van der Waals surface area contributed by atoms with Crippen LogP contribution in [0.5, 0.6) is 0 Å². The van der Waals surface area contributed by atoms with Gasteiger partial charge in [0, 0.05) is 37.5 Å². The molecule has 3 heterocycles. The molecule has 1 aromatic carbocycles. The molecule has 2 aromatic heterocycles. The van der Waals surface area contributed by atoms with Crippen LogP contribution in [0.25, 0.3) is 0 Å². The number of pyridine rings is 1. The molecule has 5 nitrogen and oxygen atoms in total. The highest BCUT2D eigenvalue weighted by Gasteiger charge is 2.20. The Hall–Kier alpha value is -3.23. The summed E-state index contributed by atoms with van der Waals surface area (Å²) in [4.78, 5) is 23.6. The topological polar surface area (TPSA) is 51.0 Å². The molecule has 27 heavy (non-hydrogen) atoms. The molecule has 3 aromatic rings. The van der Waals surface area contributed by atoms with Crippen LogP contribution >= 0.6 is 0 Å². The minimum Gasteiger partial charge on any atom is -0.294 e. The van der Waals surface area contributed by atoms with Gasteiger partial charge in [-0.2, -0.15) is 0 Å². The van der Waals surface area contributed by atoms with Crippen molar-refractivity contribution in [3.8, 4) is 11.8 Å². The van der Waals surface area contributed by atoms with Crippen LogP contribution in [0.4, 0.5) is 0 Å². The molecule has 0 aliphatic carbocycles. The first kappa shape index (κ1) is 17.2. The van der Waals surface area contributed by atoms with Gasteiger partial charge in [0.2, 0.25) is 0 Å². The predicted molar refractivity (Wildman–Crippen MR) is 104 cm³/mol. The normalized spacial score (nSPS) is 13.5. The van der Waals surface area contributed by atoms with Gasteiger partial charge in [0.25, 0.3) is 5.56 Å². The molecule has 0 bridgehead atoms. The fraction of sp³-hybridized carbons (Fsp3) is 0.227. The lowest BCUT2D eigenvalue weighted by molar-refractivity contribution is 0.280. The Balaban J connectivity index is 1.49. The highest BCUT2D eigenvalue weighted by Crippen LogP contribution is 2.13. The molecule has 0 unspecified atom stereocenters. The van der Waals surface area contributed by atoms with Crippen molar-refractivity contribution in [3.63, 3.8) is 0 Å². The average molecular weight is 356 g/mol. The van der Waals surface area contributed by atoms with Gasteiger partial charge in [-0.3, -0.25) is 19.2 Å². The van der Waals surface area contributed by atoms with E-state index in [2.05, 4.69) is 26.7 Å². The molecule has 0 spiro atoms. The average Bonchev–Trinajstić information content (AvgIpc) is 2.72. The molecule has 134 valence electrons. The quantitative estimate of drug-likeness (QED) is 0.675. The Bertz CT molecular complexity index is 1030. The standard InChI is InChI=1S/C22H20N4O/c27-22-20-16-25(13-4-7-18-8-11-23-12-9-18)14-10-21(20)24-17-26(22)15-19-5-2-1-3-6-19/h1-3,5-6,8-9,11-12,17H,10,13-16H2. The molecule has 0 amide bonds. The summed E-state index contributed by atoms with van der Waals surface area (Å²) in [6.07, 6.45) is 5.94. The summed E-state index contributed by atoms with van der Waals surface area (Å²) in [5.41, 5.74) is 3.82. The van der Waals surface area contributed by atoms with E-state index in [-0.39, 0.29) is 5.56 Å². The Kier molecular flexibility index (Phi) is 5.08. The lowest BCUT2D eigenvalue weighted by Gasteiger charge is -2.26. The molecule has 0 radical (unpaired) electrons. The second-order valence-electron chi connectivity index (χ2n) is 6.59. The van der Waals surface area contributed by atoms with Crippen LogP contribution in [-0.2, 0) is 19.5 Å². The van der Waals surface area contributed by atoms with Crippen LogP contribution in [0.15, 0.2) is 66.0 Å². The van der Waals surface area contributed by atoms with Gasteiger partial charge in [0.15, 0.2) is 0 Å². The van der Waals surface area contributed by atoms with E-state index >= 15 is 0 Å². The minimum absolute atomic E-state index is 0.0515. The number of nitrogens with zero attached hydrogens (tertiary/aromatic N) is 4. The highest BCUT2D eigenvalue weighted by atomic mass is 16.1. The summed E-state index contributed by atoms with van der Waals surface area (Å²) in [6.45, 7) is 2.64. The van der Waals surface area contributed by atoms with Crippen LogP contribution < -0.4 is 5.56 Å². The van der Waals surface area contributed by atoms with Gasteiger partial charge in [0.05, 0.1) is 30.7 Å². The number of rotatable bonds is 3. The molecule has 0 atom stereocenters. The van der Waals surface area contributed by atoms with Gasteiger partial charge in [-0.25, -0.2) is 4.98 Å². The van der Waals surface area contributed by atoms with Crippen molar-refractivity contribution < 1.29 is 0 Å². The molecule has 1 aliphatic rings. The van der Waals surface area contributed by atoms with E-state index in [1.165, 1.54) is 0 Å². The fourth-order valence-electron chi connectivity index (χ4n) is 3.22. The Morgan fingerprint density at radius 3 is 2.70 bits per heavy atom. The second kappa shape index (κ2) is 7.98. The van der Waals surface area contributed by atoms with E-state index in [4.69, 9.17) is 0 Å². The maximum absolute atomic E-state index is 12.9. The summed E-state index contributed by atoms with van der Waals surface area (Å²) in [5, 5.41) is 0. The number of aromatic nitrogens is 3. The minimum atomic E-state index is 0.0515. The van der Waals surface area contributed by atoms with E-state index in [1.807, 2.05) is 42.5 Å². The molecule has 0 N–H and O–H groups in total. The van der Waals surface area contributed by atoms with Crippen molar-refractivity contribution in [2.45, 2.75) is 19.5 Å². The third kappa shape index (κ3) is 4.13. The van der Waals surface area contributed by atoms with Crippen LogP contribution in [0.2, 0.25) is 0 Å². The lowest BCUT2D eigenvalue weighted by Crippen LogP contribution is -2.38. The Morgan fingerprint density at radius 1 is 1.07 bits per heavy atom. The third-order valence-electron chi connectivity index (χ3n) is 4.68. The predicted octanol–water partition coefficient (Wildman–Crippen LogP) is 2.10. The Morgan fingerprint density at radius 2 is 1.89 bits per heavy atom. The first-order valence-electron chi connectivity index (χ1n) is 9.02. The lowest BCUT2D eigenvalue weighted by atomic mass is 10.1. The van der Waals surface area contributed by atoms with Crippen LogP contribution in [0, 0.1) is 11.8 Å². The van der Waals surface area contributed by atoms with Crippen molar-refractivity contribution in [1.29, 1.82) is 0 Å². The summed E-state index contributed by atoms with van der Waals surface area (Å²) < 4.78 is 1.69. The number of hydrogen-bond donors (Lipinski definition) is 0. The summed E-state index contributed by atoms with van der Waals surface area (Å²) in [6, 6.07) is 13.8. The van der Waals surface area contributed by atoms with Gasteiger partial charge in [0.1, 0.15) is 0 Å². The number of fused-ring (bicyclic) bond motifs is 1. The number of hydrogen-bond acceptors (Lipinski definition) is 4. The van der Waals surface area contributed by atoms with Crippen molar-refractivity contribution in [3.05, 3.63) is 93.9 Å². The summed E-state index contributed by atoms with van der Waals surface area (Å²) in [7, 11) is 0. The largest absolute Gasteiger partial charge is 0.294 e.